The molecule has 0 saturated carbocycles. The summed E-state index contributed by atoms with van der Waals surface area (Å²) in [6.45, 7) is 6.85. The second kappa shape index (κ2) is 10.9. The van der Waals surface area contributed by atoms with Crippen LogP contribution >= 0.6 is 40.7 Å². The number of unbranched alkanes of at least 4 members (excludes halogenated alkanes) is 1. The van der Waals surface area contributed by atoms with Crippen molar-refractivity contribution in [1.82, 2.24) is 10.2 Å². The second-order valence-corrected chi connectivity index (χ2v) is 5.91. The third kappa shape index (κ3) is 5.90. The van der Waals surface area contributed by atoms with E-state index >= 15 is 0 Å². The molecule has 0 radical (unpaired) electrons. The van der Waals surface area contributed by atoms with Gasteiger partial charge in [0.25, 0.3) is 0 Å². The van der Waals surface area contributed by atoms with Gasteiger partial charge >= 0.3 is 0 Å². The fraction of sp³-hybridized carbons (Fsp3) is 0.600. The van der Waals surface area contributed by atoms with E-state index in [1.807, 2.05) is 0 Å². The third-order valence-electron chi connectivity index (χ3n) is 3.66. The monoisotopic (exact) mass is 382 g/mol. The summed E-state index contributed by atoms with van der Waals surface area (Å²) in [6, 6.07) is 9.40. The average Bonchev–Trinajstić information content (AvgIpc) is 2.40. The lowest BCUT2D eigenvalue weighted by Gasteiger charge is -2.35. The van der Waals surface area contributed by atoms with Crippen LogP contribution in [-0.2, 0) is 0 Å². The Morgan fingerprint density at radius 1 is 1.25 bits per heavy atom. The maximum atomic E-state index is 3.59. The number of piperazine rings is 1. The standard InChI is InChI=1S/C15H23BrN2.2ClH/c1-2-3-7-15(18-10-8-17-9-11-18)13-5-4-6-14(16)12-13;;/h4-6,12,15,17H,2-3,7-11H2,1H3;2*1H/t15-;;/m0../s1. The van der Waals surface area contributed by atoms with E-state index in [0.29, 0.717) is 6.04 Å². The molecule has 20 heavy (non-hydrogen) atoms. The van der Waals surface area contributed by atoms with Gasteiger partial charge in [-0.1, -0.05) is 47.8 Å². The quantitative estimate of drug-likeness (QED) is 0.808. The van der Waals surface area contributed by atoms with E-state index in [2.05, 4.69) is 57.3 Å². The van der Waals surface area contributed by atoms with Gasteiger partial charge < -0.3 is 5.32 Å². The van der Waals surface area contributed by atoms with Gasteiger partial charge in [-0.05, 0) is 24.1 Å². The van der Waals surface area contributed by atoms with Crippen molar-refractivity contribution < 1.29 is 0 Å². The van der Waals surface area contributed by atoms with Gasteiger partial charge in [-0.25, -0.2) is 0 Å². The largest absolute Gasteiger partial charge is 0.314 e. The van der Waals surface area contributed by atoms with Gasteiger partial charge in [0.05, 0.1) is 0 Å². The highest BCUT2D eigenvalue weighted by Crippen LogP contribution is 2.28. The zero-order valence-corrected chi connectivity index (χ0v) is 15.2. The van der Waals surface area contributed by atoms with Crippen LogP contribution < -0.4 is 5.32 Å². The van der Waals surface area contributed by atoms with E-state index in [-0.39, 0.29) is 24.8 Å². The van der Waals surface area contributed by atoms with Crippen LogP contribution in [0.4, 0.5) is 0 Å². The molecule has 0 aromatic heterocycles. The number of benzene rings is 1. The first kappa shape index (κ1) is 20.2. The van der Waals surface area contributed by atoms with Crippen molar-refractivity contribution in [1.29, 1.82) is 0 Å². The Balaban J connectivity index is 0.00000180. The molecule has 0 unspecified atom stereocenters. The van der Waals surface area contributed by atoms with E-state index < -0.39 is 0 Å². The van der Waals surface area contributed by atoms with Crippen LogP contribution in [-0.4, -0.2) is 31.1 Å². The first-order valence-electron chi connectivity index (χ1n) is 7.01. The predicted molar refractivity (Wildman–Crippen MR) is 95.3 cm³/mol. The molecule has 1 fully saturated rings. The molecule has 5 heteroatoms. The molecular formula is C15H25BrCl2N2. The summed E-state index contributed by atoms with van der Waals surface area (Å²) in [5, 5.41) is 3.44. The van der Waals surface area contributed by atoms with Crippen molar-refractivity contribution in [3.8, 4) is 0 Å². The third-order valence-corrected chi connectivity index (χ3v) is 4.15. The molecule has 1 saturated heterocycles. The number of halogens is 3. The van der Waals surface area contributed by atoms with Crippen LogP contribution in [0.15, 0.2) is 28.7 Å². The summed E-state index contributed by atoms with van der Waals surface area (Å²) in [7, 11) is 0. The van der Waals surface area contributed by atoms with Gasteiger partial charge in [-0.3, -0.25) is 4.90 Å². The molecule has 1 heterocycles. The Hall–Kier alpha value is 0.200. The van der Waals surface area contributed by atoms with Gasteiger partial charge in [-0.15, -0.1) is 24.8 Å². The highest BCUT2D eigenvalue weighted by atomic mass is 79.9. The number of nitrogens with zero attached hydrogens (tertiary/aromatic N) is 1. The van der Waals surface area contributed by atoms with E-state index in [0.717, 1.165) is 13.1 Å². The average molecular weight is 384 g/mol. The van der Waals surface area contributed by atoms with Crippen LogP contribution in [0.2, 0.25) is 0 Å². The Kier molecular flexibility index (Phi) is 11.0. The fourth-order valence-corrected chi connectivity index (χ4v) is 3.08. The summed E-state index contributed by atoms with van der Waals surface area (Å²) >= 11 is 3.59. The minimum Gasteiger partial charge on any atom is -0.314 e. The van der Waals surface area contributed by atoms with Crippen LogP contribution in [0.5, 0.6) is 0 Å². The number of rotatable bonds is 5. The molecule has 1 aromatic carbocycles. The van der Waals surface area contributed by atoms with Crippen molar-refractivity contribution in [3.63, 3.8) is 0 Å². The molecule has 0 bridgehead atoms. The van der Waals surface area contributed by atoms with E-state index in [9.17, 15) is 0 Å². The Morgan fingerprint density at radius 3 is 2.55 bits per heavy atom. The maximum absolute atomic E-state index is 3.59. The molecule has 1 atom stereocenters. The number of hydrogen-bond acceptors (Lipinski definition) is 2. The lowest BCUT2D eigenvalue weighted by atomic mass is 9.99. The number of nitrogens with one attached hydrogen (secondary N) is 1. The zero-order valence-electron chi connectivity index (χ0n) is 12.0. The molecule has 2 nitrogen and oxygen atoms in total. The molecule has 0 amide bonds. The molecule has 0 spiro atoms. The molecule has 0 aliphatic carbocycles. The van der Waals surface area contributed by atoms with E-state index in [1.165, 1.54) is 42.4 Å². The van der Waals surface area contributed by atoms with Crippen molar-refractivity contribution >= 4 is 40.7 Å². The lowest BCUT2D eigenvalue weighted by Crippen LogP contribution is -2.45. The summed E-state index contributed by atoms with van der Waals surface area (Å²) in [5.41, 5.74) is 1.46. The minimum atomic E-state index is 0. The normalized spacial score (nSPS) is 16.9. The van der Waals surface area contributed by atoms with E-state index in [1.54, 1.807) is 0 Å². The van der Waals surface area contributed by atoms with Crippen molar-refractivity contribution in [2.75, 3.05) is 26.2 Å². The summed E-state index contributed by atoms with van der Waals surface area (Å²) in [5.74, 6) is 0. The topological polar surface area (TPSA) is 15.3 Å². The first-order valence-corrected chi connectivity index (χ1v) is 7.81. The SMILES string of the molecule is CCCC[C@@H](c1cccc(Br)c1)N1CCNCC1.Cl.Cl. The minimum absolute atomic E-state index is 0. The second-order valence-electron chi connectivity index (χ2n) is 5.00. The van der Waals surface area contributed by atoms with Crippen LogP contribution in [0, 0.1) is 0 Å². The highest BCUT2D eigenvalue weighted by molar-refractivity contribution is 9.10. The van der Waals surface area contributed by atoms with Gasteiger partial charge in [0, 0.05) is 36.7 Å². The molecule has 1 aliphatic heterocycles. The molecular weight excluding hydrogens is 359 g/mol. The molecule has 116 valence electrons. The van der Waals surface area contributed by atoms with Crippen LogP contribution in [0.3, 0.4) is 0 Å². The highest BCUT2D eigenvalue weighted by Gasteiger charge is 2.21. The van der Waals surface area contributed by atoms with Gasteiger partial charge in [0.2, 0.25) is 0 Å². The fourth-order valence-electron chi connectivity index (χ4n) is 2.67. The van der Waals surface area contributed by atoms with Crippen LogP contribution in [0.1, 0.15) is 37.8 Å². The zero-order chi connectivity index (χ0) is 12.8. The van der Waals surface area contributed by atoms with Crippen molar-refractivity contribution in [3.05, 3.63) is 34.3 Å². The molecule has 1 N–H and O–H groups in total. The van der Waals surface area contributed by atoms with Crippen molar-refractivity contribution in [2.24, 2.45) is 0 Å². The van der Waals surface area contributed by atoms with Gasteiger partial charge in [0.15, 0.2) is 0 Å². The Morgan fingerprint density at radius 2 is 1.95 bits per heavy atom. The summed E-state index contributed by atoms with van der Waals surface area (Å²) < 4.78 is 1.19. The van der Waals surface area contributed by atoms with E-state index in [4.69, 9.17) is 0 Å². The molecule has 1 aromatic rings. The van der Waals surface area contributed by atoms with Crippen LogP contribution in [0.25, 0.3) is 0 Å². The Labute approximate surface area is 143 Å². The van der Waals surface area contributed by atoms with Crippen molar-refractivity contribution in [2.45, 2.75) is 32.2 Å². The lowest BCUT2D eigenvalue weighted by molar-refractivity contribution is 0.163. The Bertz CT molecular complexity index is 371. The maximum Gasteiger partial charge on any atom is 0.0349 e. The molecule has 2 rings (SSSR count). The summed E-state index contributed by atoms with van der Waals surface area (Å²) in [6.07, 6.45) is 3.85. The summed E-state index contributed by atoms with van der Waals surface area (Å²) in [4.78, 5) is 2.63. The first-order chi connectivity index (χ1) is 8.81. The van der Waals surface area contributed by atoms with Gasteiger partial charge in [-0.2, -0.15) is 0 Å². The predicted octanol–water partition coefficient (Wildman–Crippen LogP) is 4.43. The smallest absolute Gasteiger partial charge is 0.0349 e. The number of hydrogen-bond donors (Lipinski definition) is 1. The molecule has 1 aliphatic rings. The van der Waals surface area contributed by atoms with Gasteiger partial charge in [0.1, 0.15) is 0 Å².